The van der Waals surface area contributed by atoms with E-state index in [0.717, 1.165) is 32.1 Å². The van der Waals surface area contributed by atoms with Gasteiger partial charge in [-0.3, -0.25) is 10.2 Å². The Labute approximate surface area is 203 Å². The van der Waals surface area contributed by atoms with Gasteiger partial charge in [0.15, 0.2) is 12.6 Å². The van der Waals surface area contributed by atoms with Crippen LogP contribution in [0.3, 0.4) is 0 Å². The van der Waals surface area contributed by atoms with Crippen molar-refractivity contribution in [2.24, 2.45) is 5.84 Å². The number of aliphatic hydroxyl groups excluding tert-OH is 7. The van der Waals surface area contributed by atoms with Gasteiger partial charge >= 0.3 is 0 Å². The number of nitrogens with two attached hydrogens (primary N) is 1. The average Bonchev–Trinajstić information content (AvgIpc) is 2.86. The Hall–Kier alpha value is -1.01. The van der Waals surface area contributed by atoms with Gasteiger partial charge in [-0.25, -0.2) is 5.84 Å². The Balaban J connectivity index is 1.86. The van der Waals surface area contributed by atoms with Crippen LogP contribution in [0.4, 0.5) is 0 Å². The van der Waals surface area contributed by atoms with E-state index in [2.05, 4.69) is 5.43 Å². The molecule has 0 saturated carbocycles. The summed E-state index contributed by atoms with van der Waals surface area (Å²) in [5.41, 5.74) is 2.09. The predicted molar refractivity (Wildman–Crippen MR) is 117 cm³/mol. The van der Waals surface area contributed by atoms with Crippen molar-refractivity contribution >= 4 is 5.91 Å². The molecule has 14 nitrogen and oxygen atoms in total. The van der Waals surface area contributed by atoms with Crippen LogP contribution in [-0.2, 0) is 23.7 Å². The maximum atomic E-state index is 11.1. The minimum atomic E-state index is -1.72. The van der Waals surface area contributed by atoms with Crippen molar-refractivity contribution in [3.05, 3.63) is 0 Å². The zero-order valence-electron chi connectivity index (χ0n) is 19.6. The number of unbranched alkanes of at least 4 members (excludes halogenated alkanes) is 5. The number of aliphatic hydroxyl groups is 7. The molecule has 0 aliphatic carbocycles. The van der Waals surface area contributed by atoms with E-state index in [-0.39, 0.29) is 12.5 Å². The molecule has 2 fully saturated rings. The highest BCUT2D eigenvalue weighted by molar-refractivity contribution is 5.75. The van der Waals surface area contributed by atoms with Gasteiger partial charge in [0.05, 0.1) is 13.2 Å². The predicted octanol–water partition coefficient (Wildman–Crippen LogP) is -3.65. The number of amides is 1. The van der Waals surface area contributed by atoms with E-state index in [1.807, 2.05) is 0 Å². The number of hydrazine groups is 1. The quantitative estimate of drug-likeness (QED) is 0.0473. The third kappa shape index (κ3) is 8.52. The van der Waals surface area contributed by atoms with E-state index in [0.29, 0.717) is 12.8 Å². The zero-order valence-corrected chi connectivity index (χ0v) is 19.6. The highest BCUT2D eigenvalue weighted by atomic mass is 16.8. The number of rotatable bonds is 14. The van der Waals surface area contributed by atoms with Crippen molar-refractivity contribution in [2.45, 2.75) is 106 Å². The largest absolute Gasteiger partial charge is 0.394 e. The molecule has 0 spiro atoms. The van der Waals surface area contributed by atoms with E-state index < -0.39 is 74.6 Å². The molecule has 0 aromatic rings. The Kier molecular flexibility index (Phi) is 13.2. The van der Waals surface area contributed by atoms with Crippen molar-refractivity contribution in [1.29, 1.82) is 0 Å². The molecule has 2 rings (SSSR count). The maximum absolute atomic E-state index is 11.1. The monoisotopic (exact) mass is 512 g/mol. The van der Waals surface area contributed by atoms with Crippen molar-refractivity contribution in [3.63, 3.8) is 0 Å². The number of nitrogens with one attached hydrogen (secondary N) is 1. The van der Waals surface area contributed by atoms with E-state index in [1.54, 1.807) is 0 Å². The second-order valence-corrected chi connectivity index (χ2v) is 8.81. The molecule has 0 aromatic heterocycles. The molecule has 0 radical (unpaired) electrons. The minimum Gasteiger partial charge on any atom is -0.394 e. The van der Waals surface area contributed by atoms with Crippen LogP contribution in [0.25, 0.3) is 0 Å². The molecule has 206 valence electrons. The Morgan fingerprint density at radius 3 is 1.89 bits per heavy atom. The third-order valence-corrected chi connectivity index (χ3v) is 6.21. The Bertz CT molecular complexity index is 615. The molecule has 10 N–H and O–H groups in total. The lowest BCUT2D eigenvalue weighted by atomic mass is 9.97. The fourth-order valence-electron chi connectivity index (χ4n) is 4.04. The number of carbonyl (C=O) groups is 1. The molecule has 2 saturated heterocycles. The van der Waals surface area contributed by atoms with Crippen molar-refractivity contribution in [1.82, 2.24) is 5.43 Å². The lowest BCUT2D eigenvalue weighted by molar-refractivity contribution is -0.367. The summed E-state index contributed by atoms with van der Waals surface area (Å²) in [5, 5.41) is 69.8. The molecule has 2 aliphatic heterocycles. The van der Waals surface area contributed by atoms with Gasteiger partial charge < -0.3 is 54.7 Å². The van der Waals surface area contributed by atoms with Crippen molar-refractivity contribution < 1.29 is 59.5 Å². The van der Waals surface area contributed by atoms with Crippen LogP contribution in [-0.4, -0.2) is 123 Å². The fourth-order valence-corrected chi connectivity index (χ4v) is 4.04. The molecule has 0 unspecified atom stereocenters. The van der Waals surface area contributed by atoms with E-state index in [4.69, 9.17) is 24.8 Å². The van der Waals surface area contributed by atoms with Crippen molar-refractivity contribution in [2.75, 3.05) is 19.8 Å². The van der Waals surface area contributed by atoms with Gasteiger partial charge in [-0.15, -0.1) is 0 Å². The van der Waals surface area contributed by atoms with E-state index in [1.165, 1.54) is 0 Å². The maximum Gasteiger partial charge on any atom is 0.233 e. The first-order valence-electron chi connectivity index (χ1n) is 11.9. The summed E-state index contributed by atoms with van der Waals surface area (Å²) in [4.78, 5) is 11.1. The Morgan fingerprint density at radius 2 is 1.29 bits per heavy atom. The summed E-state index contributed by atoms with van der Waals surface area (Å²) in [7, 11) is 0. The summed E-state index contributed by atoms with van der Waals surface area (Å²) in [6.45, 7) is -1.05. The highest BCUT2D eigenvalue weighted by Gasteiger charge is 2.50. The Morgan fingerprint density at radius 1 is 0.743 bits per heavy atom. The third-order valence-electron chi connectivity index (χ3n) is 6.21. The molecule has 0 aromatic carbocycles. The number of carbonyl (C=O) groups excluding carboxylic acids is 1. The summed E-state index contributed by atoms with van der Waals surface area (Å²) in [5.74, 6) is 4.83. The lowest BCUT2D eigenvalue weighted by Gasteiger charge is -2.45. The zero-order chi connectivity index (χ0) is 26.0. The van der Waals surface area contributed by atoms with Gasteiger partial charge in [-0.1, -0.05) is 25.7 Å². The first-order valence-corrected chi connectivity index (χ1v) is 11.9. The summed E-state index contributed by atoms with van der Waals surface area (Å²) in [6, 6.07) is 0. The molecule has 35 heavy (non-hydrogen) atoms. The molecular weight excluding hydrogens is 472 g/mol. The molecule has 14 heteroatoms. The molecule has 2 aliphatic rings. The van der Waals surface area contributed by atoms with Gasteiger partial charge in [0, 0.05) is 13.0 Å². The molecule has 0 bridgehead atoms. The van der Waals surface area contributed by atoms with Crippen LogP contribution in [0, 0.1) is 0 Å². The lowest BCUT2D eigenvalue weighted by Crippen LogP contribution is -2.64. The fraction of sp³-hybridized carbons (Fsp3) is 0.952. The average molecular weight is 513 g/mol. The summed E-state index contributed by atoms with van der Waals surface area (Å²) >= 11 is 0. The SMILES string of the molecule is NNC(=O)CCCCCCCCO[C@H]1O[C@H](CO)[C@@H](O)[C@H](O)[C@@H]1O[C@H]1O[C@H](CO)[C@@H](O)[C@H](O)[C@@H]1O. The molecule has 10 atom stereocenters. The van der Waals surface area contributed by atoms with Crippen LogP contribution >= 0.6 is 0 Å². The van der Waals surface area contributed by atoms with Crippen LogP contribution in [0.15, 0.2) is 0 Å². The number of ether oxygens (including phenoxy) is 4. The minimum absolute atomic E-state index is 0.195. The van der Waals surface area contributed by atoms with Crippen LogP contribution in [0.1, 0.15) is 44.9 Å². The first kappa shape index (κ1) is 30.2. The van der Waals surface area contributed by atoms with Crippen LogP contribution in [0.5, 0.6) is 0 Å². The van der Waals surface area contributed by atoms with E-state index in [9.17, 15) is 40.5 Å². The van der Waals surface area contributed by atoms with Gasteiger partial charge in [0.25, 0.3) is 0 Å². The first-order chi connectivity index (χ1) is 16.7. The van der Waals surface area contributed by atoms with Gasteiger partial charge in [0.2, 0.25) is 5.91 Å². The van der Waals surface area contributed by atoms with Gasteiger partial charge in [-0.2, -0.15) is 0 Å². The smallest absolute Gasteiger partial charge is 0.233 e. The second kappa shape index (κ2) is 15.3. The van der Waals surface area contributed by atoms with Crippen molar-refractivity contribution in [3.8, 4) is 0 Å². The van der Waals surface area contributed by atoms with Gasteiger partial charge in [-0.05, 0) is 12.8 Å². The second-order valence-electron chi connectivity index (χ2n) is 8.81. The number of hydrogen-bond acceptors (Lipinski definition) is 13. The topological polar surface area (TPSA) is 234 Å². The van der Waals surface area contributed by atoms with E-state index >= 15 is 0 Å². The number of hydrogen-bond donors (Lipinski definition) is 9. The molecular formula is C21H40N2O12. The summed E-state index contributed by atoms with van der Waals surface area (Å²) < 4.78 is 22.2. The van der Waals surface area contributed by atoms with Crippen LogP contribution < -0.4 is 11.3 Å². The standard InChI is InChI=1S/C21H40N2O12/c22-23-13(26)7-5-3-1-2-4-6-8-32-21-19(17(30)15(28)12(10-25)34-21)35-20-18(31)16(29)14(27)11(9-24)33-20/h11-12,14-21,24-25,27-31H,1-10,22H2,(H,23,26)/t11-,12-,14-,15-,16+,17+,18+,19+,20-,21+/m1/s1. The summed E-state index contributed by atoms with van der Waals surface area (Å²) in [6.07, 6.45) is -9.36. The molecule has 2 heterocycles. The normalized spacial score (nSPS) is 37.8. The molecule has 1 amide bonds. The van der Waals surface area contributed by atoms with Gasteiger partial charge in [0.1, 0.15) is 48.8 Å². The van der Waals surface area contributed by atoms with Crippen LogP contribution in [0.2, 0.25) is 0 Å². The highest BCUT2D eigenvalue weighted by Crippen LogP contribution is 2.29.